The zero-order chi connectivity index (χ0) is 14.3. The second kappa shape index (κ2) is 5.05. The lowest BCUT2D eigenvalue weighted by molar-refractivity contribution is -0.187. The van der Waals surface area contributed by atoms with E-state index in [2.05, 4.69) is 4.98 Å². The van der Waals surface area contributed by atoms with Crippen LogP contribution in [0.4, 0.5) is 13.2 Å². The van der Waals surface area contributed by atoms with Gasteiger partial charge in [0.1, 0.15) is 0 Å². The van der Waals surface area contributed by atoms with Crippen LogP contribution >= 0.6 is 11.3 Å². The highest BCUT2D eigenvalue weighted by atomic mass is 32.1. The molecule has 2 N–H and O–H groups in total. The van der Waals surface area contributed by atoms with Gasteiger partial charge in [0, 0.05) is 16.8 Å². The zero-order valence-corrected chi connectivity index (χ0v) is 12.0. The van der Waals surface area contributed by atoms with Crippen LogP contribution in [0.15, 0.2) is 0 Å². The van der Waals surface area contributed by atoms with Gasteiger partial charge in [0.25, 0.3) is 0 Å². The molecule has 1 aromatic rings. The molecule has 0 aromatic carbocycles. The van der Waals surface area contributed by atoms with E-state index in [1.165, 1.54) is 0 Å². The van der Waals surface area contributed by atoms with E-state index in [0.29, 0.717) is 19.3 Å². The van der Waals surface area contributed by atoms with Crippen molar-refractivity contribution in [2.24, 2.45) is 11.7 Å². The minimum absolute atomic E-state index is 0.0220. The minimum atomic E-state index is -4.13. The predicted molar refractivity (Wildman–Crippen MR) is 70.2 cm³/mol. The number of aryl methyl sites for hydroxylation is 2. The topological polar surface area (TPSA) is 38.9 Å². The van der Waals surface area contributed by atoms with Crippen molar-refractivity contribution in [3.05, 3.63) is 15.6 Å². The number of rotatable bonds is 2. The summed E-state index contributed by atoms with van der Waals surface area (Å²) < 4.78 is 38.5. The summed E-state index contributed by atoms with van der Waals surface area (Å²) in [5.74, 6) is -1.26. The van der Waals surface area contributed by atoms with Crippen LogP contribution in [0.5, 0.6) is 0 Å². The highest BCUT2D eigenvalue weighted by Gasteiger charge is 2.46. The Bertz CT molecular complexity index is 436. The highest BCUT2D eigenvalue weighted by Crippen LogP contribution is 2.42. The zero-order valence-electron chi connectivity index (χ0n) is 11.2. The van der Waals surface area contributed by atoms with Gasteiger partial charge in [-0.2, -0.15) is 13.2 Å². The van der Waals surface area contributed by atoms with Crippen LogP contribution in [0.3, 0.4) is 0 Å². The fourth-order valence-electron chi connectivity index (χ4n) is 2.75. The molecule has 0 spiro atoms. The molecule has 1 aliphatic rings. The third-order valence-corrected chi connectivity index (χ3v) is 4.99. The second-order valence-corrected chi connectivity index (χ2v) is 6.91. The molecule has 0 saturated heterocycles. The smallest absolute Gasteiger partial charge is 0.325 e. The first-order valence-electron chi connectivity index (χ1n) is 6.48. The molecule has 6 heteroatoms. The largest absolute Gasteiger partial charge is 0.391 e. The third kappa shape index (κ3) is 3.48. The molecule has 2 nitrogen and oxygen atoms in total. The van der Waals surface area contributed by atoms with Crippen molar-refractivity contribution < 1.29 is 13.2 Å². The molecular weight excluding hydrogens is 273 g/mol. The lowest BCUT2D eigenvalue weighted by atomic mass is 9.74. The van der Waals surface area contributed by atoms with Gasteiger partial charge in [-0.05, 0) is 33.1 Å². The molecule has 1 heterocycles. The number of hydrogen-bond acceptors (Lipinski definition) is 3. The van der Waals surface area contributed by atoms with E-state index < -0.39 is 17.6 Å². The van der Waals surface area contributed by atoms with Crippen molar-refractivity contribution in [1.82, 2.24) is 4.98 Å². The van der Waals surface area contributed by atoms with Gasteiger partial charge in [-0.1, -0.05) is 6.42 Å². The van der Waals surface area contributed by atoms with Crippen molar-refractivity contribution in [2.75, 3.05) is 0 Å². The normalized spacial score (nSPS) is 28.6. The number of halogens is 3. The quantitative estimate of drug-likeness (QED) is 0.901. The van der Waals surface area contributed by atoms with Gasteiger partial charge in [-0.15, -0.1) is 11.3 Å². The Hall–Kier alpha value is -0.620. The Kier molecular flexibility index (Phi) is 3.93. The summed E-state index contributed by atoms with van der Waals surface area (Å²) in [6.07, 6.45) is -2.24. The summed E-state index contributed by atoms with van der Waals surface area (Å²) in [7, 11) is 0. The SMILES string of the molecule is Cc1nc(CC2(N)CCCC(C(F)(F)F)C2)sc1C. The summed E-state index contributed by atoms with van der Waals surface area (Å²) in [5, 5.41) is 0.861. The van der Waals surface area contributed by atoms with E-state index in [1.807, 2.05) is 13.8 Å². The molecule has 1 aromatic heterocycles. The molecule has 0 amide bonds. The molecule has 2 unspecified atom stereocenters. The average molecular weight is 292 g/mol. The van der Waals surface area contributed by atoms with Crippen molar-refractivity contribution in [1.29, 1.82) is 0 Å². The second-order valence-electron chi connectivity index (χ2n) is 5.62. The summed E-state index contributed by atoms with van der Waals surface area (Å²) in [4.78, 5) is 5.51. The maximum absolute atomic E-state index is 12.8. The van der Waals surface area contributed by atoms with Crippen molar-refractivity contribution in [3.63, 3.8) is 0 Å². The molecule has 108 valence electrons. The first-order chi connectivity index (χ1) is 8.70. The highest BCUT2D eigenvalue weighted by molar-refractivity contribution is 7.11. The standard InChI is InChI=1S/C13H19F3N2S/c1-8-9(2)19-11(18-8)7-12(17)5-3-4-10(6-12)13(14,15)16/h10H,3-7,17H2,1-2H3. The molecule has 1 aliphatic carbocycles. The van der Waals surface area contributed by atoms with E-state index in [1.54, 1.807) is 11.3 Å². The Morgan fingerprint density at radius 3 is 2.63 bits per heavy atom. The molecule has 2 atom stereocenters. The van der Waals surface area contributed by atoms with Crippen molar-refractivity contribution in [2.45, 2.75) is 57.7 Å². The van der Waals surface area contributed by atoms with Gasteiger partial charge in [-0.3, -0.25) is 0 Å². The lowest BCUT2D eigenvalue weighted by Crippen LogP contribution is -2.48. The Labute approximate surface area is 115 Å². The van der Waals surface area contributed by atoms with Crippen molar-refractivity contribution >= 4 is 11.3 Å². The number of thiazole rings is 1. The Balaban J connectivity index is 2.09. The molecule has 19 heavy (non-hydrogen) atoms. The van der Waals surface area contributed by atoms with Gasteiger partial charge < -0.3 is 5.73 Å². The first kappa shape index (κ1) is 14.8. The number of hydrogen-bond donors (Lipinski definition) is 1. The van der Waals surface area contributed by atoms with Gasteiger partial charge in [0.15, 0.2) is 0 Å². The Morgan fingerprint density at radius 1 is 1.42 bits per heavy atom. The van der Waals surface area contributed by atoms with E-state index in [9.17, 15) is 13.2 Å². The molecule has 0 bridgehead atoms. The summed E-state index contributed by atoms with van der Waals surface area (Å²) in [6.45, 7) is 3.89. The average Bonchev–Trinajstić information content (AvgIpc) is 2.55. The monoisotopic (exact) mass is 292 g/mol. The maximum atomic E-state index is 12.8. The molecule has 2 rings (SSSR count). The first-order valence-corrected chi connectivity index (χ1v) is 7.30. The van der Waals surface area contributed by atoms with E-state index >= 15 is 0 Å². The number of aromatic nitrogens is 1. The van der Waals surface area contributed by atoms with Gasteiger partial charge >= 0.3 is 6.18 Å². The van der Waals surface area contributed by atoms with Crippen LogP contribution in [-0.4, -0.2) is 16.7 Å². The number of nitrogens with zero attached hydrogens (tertiary/aromatic N) is 1. The fourth-order valence-corrected chi connectivity index (χ4v) is 3.84. The van der Waals surface area contributed by atoms with Crippen LogP contribution in [0.25, 0.3) is 0 Å². The van der Waals surface area contributed by atoms with Crippen LogP contribution in [0.1, 0.15) is 41.3 Å². The number of nitrogens with two attached hydrogens (primary N) is 1. The summed E-state index contributed by atoms with van der Waals surface area (Å²) >= 11 is 1.54. The van der Waals surface area contributed by atoms with Crippen molar-refractivity contribution in [3.8, 4) is 0 Å². The molecule has 0 radical (unpaired) electrons. The third-order valence-electron chi connectivity index (χ3n) is 3.92. The minimum Gasteiger partial charge on any atom is -0.325 e. The van der Waals surface area contributed by atoms with Crippen LogP contribution in [0, 0.1) is 19.8 Å². The molecular formula is C13H19F3N2S. The predicted octanol–water partition coefficient (Wildman–Crippen LogP) is 3.75. The summed E-state index contributed by atoms with van der Waals surface area (Å²) in [6, 6.07) is 0. The van der Waals surface area contributed by atoms with E-state index in [4.69, 9.17) is 5.73 Å². The molecule has 1 fully saturated rings. The van der Waals surface area contributed by atoms with Gasteiger partial charge in [0.2, 0.25) is 0 Å². The Morgan fingerprint density at radius 2 is 2.11 bits per heavy atom. The molecule has 0 aliphatic heterocycles. The maximum Gasteiger partial charge on any atom is 0.391 e. The summed E-state index contributed by atoms with van der Waals surface area (Å²) in [5.41, 5.74) is 6.40. The van der Waals surface area contributed by atoms with Crippen LogP contribution in [-0.2, 0) is 6.42 Å². The van der Waals surface area contributed by atoms with Gasteiger partial charge in [0.05, 0.1) is 16.6 Å². The van der Waals surface area contributed by atoms with Crippen LogP contribution in [0.2, 0.25) is 0 Å². The van der Waals surface area contributed by atoms with Crippen LogP contribution < -0.4 is 5.73 Å². The fraction of sp³-hybridized carbons (Fsp3) is 0.769. The van der Waals surface area contributed by atoms with E-state index in [-0.39, 0.29) is 12.8 Å². The number of alkyl halides is 3. The lowest BCUT2D eigenvalue weighted by Gasteiger charge is -2.38. The molecule has 1 saturated carbocycles. The van der Waals surface area contributed by atoms with E-state index in [0.717, 1.165) is 15.6 Å². The van der Waals surface area contributed by atoms with Gasteiger partial charge in [-0.25, -0.2) is 4.98 Å².